The summed E-state index contributed by atoms with van der Waals surface area (Å²) in [6.45, 7) is 5.07. The Hall–Kier alpha value is -2.23. The van der Waals surface area contributed by atoms with Gasteiger partial charge in [-0.2, -0.15) is 0 Å². The van der Waals surface area contributed by atoms with Crippen LogP contribution >= 0.6 is 11.3 Å². The van der Waals surface area contributed by atoms with Crippen molar-refractivity contribution in [1.29, 1.82) is 0 Å². The molecule has 0 saturated heterocycles. The molecule has 0 saturated carbocycles. The fourth-order valence-electron chi connectivity index (χ4n) is 2.18. The Morgan fingerprint density at radius 3 is 2.42 bits per heavy atom. The number of ether oxygens (including phenoxy) is 1. The maximum absolute atomic E-state index is 12.2. The Morgan fingerprint density at radius 2 is 1.81 bits per heavy atom. The van der Waals surface area contributed by atoms with Gasteiger partial charge < -0.3 is 10.1 Å². The molecule has 0 aliphatic heterocycles. The number of nitrogens with one attached hydrogen (secondary N) is 2. The number of carbonyl (C=O) groups is 2. The normalized spacial score (nSPS) is 11.2. The van der Waals surface area contributed by atoms with E-state index >= 15 is 0 Å². The van der Waals surface area contributed by atoms with E-state index in [4.69, 9.17) is 4.74 Å². The Balaban J connectivity index is 2.09. The molecule has 1 aromatic carbocycles. The van der Waals surface area contributed by atoms with Crippen molar-refractivity contribution in [2.75, 3.05) is 18.5 Å². The summed E-state index contributed by atoms with van der Waals surface area (Å²) in [5, 5.41) is 2.94. The van der Waals surface area contributed by atoms with Crippen LogP contribution in [-0.2, 0) is 19.6 Å². The summed E-state index contributed by atoms with van der Waals surface area (Å²) in [6, 6.07) is 7.76. The summed E-state index contributed by atoms with van der Waals surface area (Å²) >= 11 is 1.24. The van der Waals surface area contributed by atoms with E-state index in [9.17, 15) is 18.0 Å². The molecule has 0 unspecified atom stereocenters. The number of amides is 1. The van der Waals surface area contributed by atoms with Gasteiger partial charge in [-0.25, -0.2) is 17.9 Å². The van der Waals surface area contributed by atoms with E-state index in [1.54, 1.807) is 32.0 Å². The zero-order chi connectivity index (χ0) is 19.3. The average Bonchev–Trinajstić information content (AvgIpc) is 2.88. The van der Waals surface area contributed by atoms with Crippen LogP contribution in [0.2, 0.25) is 0 Å². The number of esters is 1. The molecule has 0 atom stereocenters. The van der Waals surface area contributed by atoms with Crippen molar-refractivity contribution < 1.29 is 22.7 Å². The monoisotopic (exact) mass is 396 g/mol. The van der Waals surface area contributed by atoms with Crippen LogP contribution in [0.1, 0.15) is 27.7 Å². The Morgan fingerprint density at radius 1 is 1.15 bits per heavy atom. The summed E-state index contributed by atoms with van der Waals surface area (Å²) in [4.78, 5) is 25.2. The molecular weight excluding hydrogens is 376 g/mol. The van der Waals surface area contributed by atoms with Gasteiger partial charge in [-0.05, 0) is 38.5 Å². The number of carbonyl (C=O) groups excluding carboxylic acids is 2. The number of thiophene rings is 1. The van der Waals surface area contributed by atoms with E-state index in [1.807, 2.05) is 6.92 Å². The molecule has 140 valence electrons. The van der Waals surface area contributed by atoms with Crippen LogP contribution < -0.4 is 10.0 Å². The molecule has 0 fully saturated rings. The number of anilines is 1. The van der Waals surface area contributed by atoms with Crippen LogP contribution in [0.4, 0.5) is 5.00 Å². The molecule has 2 aromatic rings. The summed E-state index contributed by atoms with van der Waals surface area (Å²) in [5.41, 5.74) is 1.03. The molecule has 2 rings (SSSR count). The lowest BCUT2D eigenvalue weighted by atomic mass is 10.1. The minimum absolute atomic E-state index is 0.0721. The van der Waals surface area contributed by atoms with Crippen molar-refractivity contribution in [3.8, 4) is 0 Å². The van der Waals surface area contributed by atoms with Crippen molar-refractivity contribution in [3.63, 3.8) is 0 Å². The summed E-state index contributed by atoms with van der Waals surface area (Å²) < 4.78 is 31.6. The SMILES string of the molecule is CCOC(=O)c1c(NC(=O)CNS(=O)(=O)c2ccccc2)sc(C)c1C. The predicted molar refractivity (Wildman–Crippen MR) is 100 cm³/mol. The molecule has 1 aromatic heterocycles. The van der Waals surface area contributed by atoms with Gasteiger partial charge in [0.15, 0.2) is 0 Å². The molecule has 0 bridgehead atoms. The smallest absolute Gasteiger partial charge is 0.341 e. The van der Waals surface area contributed by atoms with Crippen molar-refractivity contribution in [2.24, 2.45) is 0 Å². The van der Waals surface area contributed by atoms with E-state index in [-0.39, 0.29) is 11.5 Å². The maximum atomic E-state index is 12.2. The molecule has 0 radical (unpaired) electrons. The second-order valence-electron chi connectivity index (χ2n) is 5.39. The van der Waals surface area contributed by atoms with Crippen LogP contribution in [0.3, 0.4) is 0 Å². The topological polar surface area (TPSA) is 102 Å². The van der Waals surface area contributed by atoms with Crippen LogP contribution in [0.15, 0.2) is 35.2 Å². The molecule has 7 nitrogen and oxygen atoms in total. The van der Waals surface area contributed by atoms with Crippen molar-refractivity contribution in [3.05, 3.63) is 46.3 Å². The van der Waals surface area contributed by atoms with Crippen molar-refractivity contribution in [2.45, 2.75) is 25.7 Å². The maximum Gasteiger partial charge on any atom is 0.341 e. The van der Waals surface area contributed by atoms with Gasteiger partial charge >= 0.3 is 5.97 Å². The van der Waals surface area contributed by atoms with Crippen LogP contribution in [0, 0.1) is 13.8 Å². The van der Waals surface area contributed by atoms with Gasteiger partial charge in [0.25, 0.3) is 0 Å². The van der Waals surface area contributed by atoms with Crippen molar-refractivity contribution >= 4 is 38.2 Å². The number of sulfonamides is 1. The third-order valence-electron chi connectivity index (χ3n) is 3.59. The van der Waals surface area contributed by atoms with Gasteiger partial charge in [0, 0.05) is 4.88 Å². The van der Waals surface area contributed by atoms with Gasteiger partial charge in [0.2, 0.25) is 15.9 Å². The largest absolute Gasteiger partial charge is 0.462 e. The molecule has 0 spiro atoms. The first-order valence-electron chi connectivity index (χ1n) is 7.88. The molecule has 9 heteroatoms. The minimum atomic E-state index is -3.78. The third-order valence-corrected chi connectivity index (χ3v) is 6.13. The minimum Gasteiger partial charge on any atom is -0.462 e. The number of rotatable bonds is 7. The van der Waals surface area contributed by atoms with E-state index in [0.717, 1.165) is 10.4 Å². The van der Waals surface area contributed by atoms with Crippen LogP contribution in [0.5, 0.6) is 0 Å². The average molecular weight is 396 g/mol. The van der Waals surface area contributed by atoms with Crippen LogP contribution in [0.25, 0.3) is 0 Å². The molecule has 26 heavy (non-hydrogen) atoms. The second-order valence-corrected chi connectivity index (χ2v) is 8.39. The first-order valence-corrected chi connectivity index (χ1v) is 10.2. The summed E-state index contributed by atoms with van der Waals surface area (Å²) in [7, 11) is -3.78. The summed E-state index contributed by atoms with van der Waals surface area (Å²) in [6.07, 6.45) is 0. The predicted octanol–water partition coefficient (Wildman–Crippen LogP) is 2.46. The van der Waals surface area contributed by atoms with Crippen LogP contribution in [-0.4, -0.2) is 33.4 Å². The van der Waals surface area contributed by atoms with E-state index < -0.39 is 28.4 Å². The Labute approximate surface area is 156 Å². The highest BCUT2D eigenvalue weighted by Gasteiger charge is 2.22. The quantitative estimate of drug-likeness (QED) is 0.700. The van der Waals surface area contributed by atoms with Crippen molar-refractivity contribution in [1.82, 2.24) is 4.72 Å². The second kappa shape index (κ2) is 8.43. The number of hydrogen-bond donors (Lipinski definition) is 2. The van der Waals surface area contributed by atoms with E-state index in [2.05, 4.69) is 10.0 Å². The highest BCUT2D eigenvalue weighted by Crippen LogP contribution is 2.32. The molecule has 0 aliphatic rings. The lowest BCUT2D eigenvalue weighted by molar-refractivity contribution is -0.115. The molecule has 2 N–H and O–H groups in total. The van der Waals surface area contributed by atoms with E-state index in [1.165, 1.54) is 23.5 Å². The lowest BCUT2D eigenvalue weighted by Crippen LogP contribution is -2.33. The standard InChI is InChI=1S/C17H20N2O5S2/c1-4-24-17(21)15-11(2)12(3)25-16(15)19-14(20)10-18-26(22,23)13-8-6-5-7-9-13/h5-9,18H,4,10H2,1-3H3,(H,19,20). The number of aryl methyl sites for hydroxylation is 1. The summed E-state index contributed by atoms with van der Waals surface area (Å²) in [5.74, 6) is -1.09. The van der Waals surface area contributed by atoms with Gasteiger partial charge in [-0.3, -0.25) is 4.79 Å². The molecule has 1 amide bonds. The first-order chi connectivity index (χ1) is 12.3. The molecule has 0 aliphatic carbocycles. The van der Waals surface area contributed by atoms with E-state index in [0.29, 0.717) is 10.6 Å². The number of hydrogen-bond acceptors (Lipinski definition) is 6. The molecule has 1 heterocycles. The highest BCUT2D eigenvalue weighted by molar-refractivity contribution is 7.89. The fraction of sp³-hybridized carbons (Fsp3) is 0.294. The third kappa shape index (κ3) is 4.69. The zero-order valence-electron chi connectivity index (χ0n) is 14.7. The highest BCUT2D eigenvalue weighted by atomic mass is 32.2. The Kier molecular flexibility index (Phi) is 6.52. The zero-order valence-corrected chi connectivity index (χ0v) is 16.3. The fourth-order valence-corrected chi connectivity index (χ4v) is 4.25. The van der Waals surface area contributed by atoms with Gasteiger partial charge in [0.05, 0.1) is 23.6 Å². The van der Waals surface area contributed by atoms with Gasteiger partial charge in [-0.1, -0.05) is 18.2 Å². The first kappa shape index (κ1) is 20.1. The lowest BCUT2D eigenvalue weighted by Gasteiger charge is -2.09. The van der Waals surface area contributed by atoms with Gasteiger partial charge in [0.1, 0.15) is 5.00 Å². The molecular formula is C17H20N2O5S2. The Bertz CT molecular complexity index is 905. The van der Waals surface area contributed by atoms with Gasteiger partial charge in [-0.15, -0.1) is 11.3 Å². The number of benzene rings is 1.